The number of benzene rings is 2. The molecule has 0 aromatic heterocycles. The van der Waals surface area contributed by atoms with Crippen LogP contribution in [0.25, 0.3) is 0 Å². The molecule has 0 bridgehead atoms. The second-order valence-electron chi connectivity index (χ2n) is 4.20. The van der Waals surface area contributed by atoms with Crippen LogP contribution in [-0.4, -0.2) is 17.3 Å². The Balaban J connectivity index is 2.35. The number of anilines is 1. The first kappa shape index (κ1) is 16.7. The summed E-state index contributed by atoms with van der Waals surface area (Å²) in [4.78, 5) is 10.5. The Kier molecular flexibility index (Phi) is 5.71. The highest BCUT2D eigenvalue weighted by Gasteiger charge is 2.20. The number of nitrogens with zero attached hydrogens (tertiary/aromatic N) is 1. The Labute approximate surface area is 141 Å². The molecule has 0 fully saturated rings. The molecule has 116 valence electrons. The summed E-state index contributed by atoms with van der Waals surface area (Å²) in [5, 5.41) is 14.6. The zero-order chi connectivity index (χ0) is 16.1. The molecule has 0 saturated carbocycles. The number of ether oxygens (including phenoxy) is 1. The van der Waals surface area contributed by atoms with E-state index in [0.717, 1.165) is 0 Å². The molecule has 5 nitrogen and oxygen atoms in total. The van der Waals surface area contributed by atoms with Crippen LogP contribution in [0.4, 0.5) is 11.4 Å². The Bertz CT molecular complexity index is 678. The standard InChI is InChI=1S/C14H11Cl3N2O3/c15-7-8-18-14-11(19(20)21)5-6-12(13(14)17)22-10-3-1-9(16)2-4-10/h1-6,18H,7-8H2. The molecule has 22 heavy (non-hydrogen) atoms. The molecule has 8 heteroatoms. The minimum Gasteiger partial charge on any atom is -0.456 e. The number of rotatable bonds is 6. The van der Waals surface area contributed by atoms with Gasteiger partial charge in [0.2, 0.25) is 0 Å². The van der Waals surface area contributed by atoms with Crippen LogP contribution in [0.1, 0.15) is 0 Å². The van der Waals surface area contributed by atoms with Gasteiger partial charge in [0, 0.05) is 23.5 Å². The van der Waals surface area contributed by atoms with Crippen LogP contribution in [-0.2, 0) is 0 Å². The van der Waals surface area contributed by atoms with Crippen molar-refractivity contribution in [2.45, 2.75) is 0 Å². The summed E-state index contributed by atoms with van der Waals surface area (Å²) in [6.07, 6.45) is 0. The topological polar surface area (TPSA) is 64.4 Å². The lowest BCUT2D eigenvalue weighted by Crippen LogP contribution is -2.06. The summed E-state index contributed by atoms with van der Waals surface area (Å²) in [6, 6.07) is 9.46. The van der Waals surface area contributed by atoms with E-state index in [4.69, 9.17) is 39.5 Å². The molecule has 0 aliphatic heterocycles. The second kappa shape index (κ2) is 7.54. The molecular weight excluding hydrogens is 351 g/mol. The SMILES string of the molecule is O=[N+]([O-])c1ccc(Oc2ccc(Cl)cc2)c(Cl)c1NCCCl. The predicted molar refractivity (Wildman–Crippen MR) is 88.8 cm³/mol. The number of nitro benzene ring substituents is 1. The van der Waals surface area contributed by atoms with Gasteiger partial charge in [0.1, 0.15) is 22.2 Å². The molecule has 1 N–H and O–H groups in total. The van der Waals surface area contributed by atoms with Crippen molar-refractivity contribution in [3.8, 4) is 11.5 Å². The van der Waals surface area contributed by atoms with Gasteiger partial charge < -0.3 is 10.1 Å². The largest absolute Gasteiger partial charge is 0.456 e. The highest BCUT2D eigenvalue weighted by atomic mass is 35.5. The maximum absolute atomic E-state index is 11.1. The minimum absolute atomic E-state index is 0.120. The molecule has 2 rings (SSSR count). The van der Waals surface area contributed by atoms with Gasteiger partial charge >= 0.3 is 0 Å². The first-order chi connectivity index (χ1) is 10.5. The number of hydrogen-bond acceptors (Lipinski definition) is 4. The third-order valence-electron chi connectivity index (χ3n) is 2.72. The van der Waals surface area contributed by atoms with E-state index in [2.05, 4.69) is 5.32 Å². The lowest BCUT2D eigenvalue weighted by atomic mass is 10.2. The molecule has 2 aromatic rings. The van der Waals surface area contributed by atoms with Crippen molar-refractivity contribution in [3.05, 3.63) is 56.6 Å². The van der Waals surface area contributed by atoms with Gasteiger partial charge in [0.05, 0.1) is 4.92 Å². The number of nitro groups is 1. The smallest absolute Gasteiger partial charge is 0.294 e. The summed E-state index contributed by atoms with van der Waals surface area (Å²) in [5.41, 5.74) is 0.0392. The average Bonchev–Trinajstić information content (AvgIpc) is 2.49. The molecule has 2 aromatic carbocycles. The lowest BCUT2D eigenvalue weighted by Gasteiger charge is -2.12. The second-order valence-corrected chi connectivity index (χ2v) is 5.39. The van der Waals surface area contributed by atoms with Crippen molar-refractivity contribution in [3.63, 3.8) is 0 Å². The fraction of sp³-hybridized carbons (Fsp3) is 0.143. The van der Waals surface area contributed by atoms with E-state index in [-0.39, 0.29) is 22.3 Å². The molecule has 0 atom stereocenters. The molecule has 0 aliphatic carbocycles. The van der Waals surface area contributed by atoms with Crippen molar-refractivity contribution in [1.29, 1.82) is 0 Å². The Morgan fingerprint density at radius 3 is 2.41 bits per heavy atom. The zero-order valence-electron chi connectivity index (χ0n) is 11.2. The quantitative estimate of drug-likeness (QED) is 0.428. The van der Waals surface area contributed by atoms with Gasteiger partial charge in [-0.25, -0.2) is 0 Å². The Morgan fingerprint density at radius 2 is 1.82 bits per heavy atom. The normalized spacial score (nSPS) is 10.3. The van der Waals surface area contributed by atoms with Crippen molar-refractivity contribution in [1.82, 2.24) is 0 Å². The van der Waals surface area contributed by atoms with Gasteiger partial charge in [-0.15, -0.1) is 11.6 Å². The third-order valence-corrected chi connectivity index (χ3v) is 3.54. The van der Waals surface area contributed by atoms with E-state index in [1.165, 1.54) is 12.1 Å². The van der Waals surface area contributed by atoms with Crippen LogP contribution >= 0.6 is 34.8 Å². The van der Waals surface area contributed by atoms with Crippen molar-refractivity contribution in [2.24, 2.45) is 0 Å². The van der Waals surface area contributed by atoms with Crippen LogP contribution < -0.4 is 10.1 Å². The van der Waals surface area contributed by atoms with Crippen molar-refractivity contribution < 1.29 is 9.66 Å². The monoisotopic (exact) mass is 360 g/mol. The number of nitrogens with one attached hydrogen (secondary N) is 1. The van der Waals surface area contributed by atoms with E-state index in [0.29, 0.717) is 23.1 Å². The fourth-order valence-corrected chi connectivity index (χ4v) is 2.23. The van der Waals surface area contributed by atoms with E-state index >= 15 is 0 Å². The van der Waals surface area contributed by atoms with Gasteiger partial charge in [-0.05, 0) is 30.3 Å². The van der Waals surface area contributed by atoms with Gasteiger partial charge in [-0.3, -0.25) is 10.1 Å². The Morgan fingerprint density at radius 1 is 1.14 bits per heavy atom. The molecule has 0 aliphatic rings. The maximum atomic E-state index is 11.1. The van der Waals surface area contributed by atoms with Gasteiger partial charge in [-0.2, -0.15) is 0 Å². The maximum Gasteiger partial charge on any atom is 0.294 e. The van der Waals surface area contributed by atoms with Gasteiger partial charge in [0.25, 0.3) is 5.69 Å². The molecule has 0 spiro atoms. The first-order valence-corrected chi connectivity index (χ1v) is 7.52. The molecule has 0 amide bonds. The summed E-state index contributed by atoms with van der Waals surface area (Å²) < 4.78 is 5.63. The third kappa shape index (κ3) is 3.94. The molecule has 0 heterocycles. The number of alkyl halides is 1. The van der Waals surface area contributed by atoms with Crippen molar-refractivity contribution >= 4 is 46.2 Å². The van der Waals surface area contributed by atoms with Crippen LogP contribution in [0.15, 0.2) is 36.4 Å². The van der Waals surface area contributed by atoms with E-state index in [9.17, 15) is 10.1 Å². The van der Waals surface area contributed by atoms with E-state index < -0.39 is 4.92 Å². The molecule has 0 radical (unpaired) electrons. The lowest BCUT2D eigenvalue weighted by molar-refractivity contribution is -0.384. The number of halogens is 3. The zero-order valence-corrected chi connectivity index (χ0v) is 13.5. The minimum atomic E-state index is -0.519. The average molecular weight is 362 g/mol. The van der Waals surface area contributed by atoms with Crippen LogP contribution in [0.5, 0.6) is 11.5 Å². The van der Waals surface area contributed by atoms with Crippen molar-refractivity contribution in [2.75, 3.05) is 17.7 Å². The summed E-state index contributed by atoms with van der Waals surface area (Å²) in [5.74, 6) is 1.10. The van der Waals surface area contributed by atoms with Gasteiger partial charge in [-0.1, -0.05) is 23.2 Å². The highest BCUT2D eigenvalue weighted by molar-refractivity contribution is 6.35. The molecular formula is C14H11Cl3N2O3. The summed E-state index contributed by atoms with van der Waals surface area (Å²) >= 11 is 17.6. The van der Waals surface area contributed by atoms with E-state index in [1.54, 1.807) is 24.3 Å². The first-order valence-electron chi connectivity index (χ1n) is 6.23. The fourth-order valence-electron chi connectivity index (χ4n) is 1.75. The number of hydrogen-bond donors (Lipinski definition) is 1. The van der Waals surface area contributed by atoms with Crippen LogP contribution in [0, 0.1) is 10.1 Å². The van der Waals surface area contributed by atoms with E-state index in [1.807, 2.05) is 0 Å². The molecule has 0 saturated heterocycles. The van der Waals surface area contributed by atoms with Crippen LogP contribution in [0.2, 0.25) is 10.0 Å². The van der Waals surface area contributed by atoms with Crippen LogP contribution in [0.3, 0.4) is 0 Å². The summed E-state index contributed by atoms with van der Waals surface area (Å²) in [6.45, 7) is 0.340. The highest BCUT2D eigenvalue weighted by Crippen LogP contribution is 2.41. The molecule has 0 unspecified atom stereocenters. The Hall–Kier alpha value is -1.69. The summed E-state index contributed by atoms with van der Waals surface area (Å²) in [7, 11) is 0. The predicted octanol–water partition coefficient (Wildman–Crippen LogP) is 5.34. The van der Waals surface area contributed by atoms with Gasteiger partial charge in [0.15, 0.2) is 0 Å².